The van der Waals surface area contributed by atoms with E-state index in [0.29, 0.717) is 6.04 Å². The molecule has 1 saturated heterocycles. The molecule has 1 aromatic rings. The van der Waals surface area contributed by atoms with Crippen molar-refractivity contribution in [1.82, 2.24) is 10.2 Å². The maximum absolute atomic E-state index is 12.9. The second-order valence-electron chi connectivity index (χ2n) is 5.58. The van der Waals surface area contributed by atoms with Gasteiger partial charge in [0.2, 0.25) is 5.91 Å². The van der Waals surface area contributed by atoms with Crippen LogP contribution in [-0.2, 0) is 4.79 Å². The number of nitrogens with one attached hydrogen (secondary N) is 1. The first kappa shape index (κ1) is 16.4. The fraction of sp³-hybridized carbons (Fsp3) is 0.588. The van der Waals surface area contributed by atoms with Gasteiger partial charge in [-0.3, -0.25) is 10.1 Å². The van der Waals surface area contributed by atoms with Gasteiger partial charge >= 0.3 is 0 Å². The average molecular weight is 306 g/mol. The molecule has 0 spiro atoms. The van der Waals surface area contributed by atoms with Crippen LogP contribution in [0, 0.1) is 0 Å². The average Bonchev–Trinajstić information content (AvgIpc) is 2.83. The zero-order chi connectivity index (χ0) is 15.2. The van der Waals surface area contributed by atoms with Crippen molar-refractivity contribution < 1.29 is 4.79 Å². The van der Waals surface area contributed by atoms with Crippen molar-refractivity contribution in [3.05, 3.63) is 35.9 Å². The molecular formula is C17H26N2OS. The number of thioether (sulfide) groups is 1. The van der Waals surface area contributed by atoms with E-state index in [1.807, 2.05) is 42.1 Å². The molecule has 4 heteroatoms. The van der Waals surface area contributed by atoms with Crippen LogP contribution in [0.3, 0.4) is 0 Å². The van der Waals surface area contributed by atoms with E-state index in [4.69, 9.17) is 0 Å². The van der Waals surface area contributed by atoms with Gasteiger partial charge in [0.25, 0.3) is 0 Å². The summed E-state index contributed by atoms with van der Waals surface area (Å²) in [4.78, 5) is 15.0. The normalized spacial score (nSPS) is 23.6. The lowest BCUT2D eigenvalue weighted by molar-refractivity contribution is -0.132. The van der Waals surface area contributed by atoms with Crippen molar-refractivity contribution in [2.45, 2.75) is 51.4 Å². The molecule has 3 unspecified atom stereocenters. The van der Waals surface area contributed by atoms with Crippen LogP contribution in [0.25, 0.3) is 0 Å². The highest BCUT2D eigenvalue weighted by atomic mass is 32.2. The highest BCUT2D eigenvalue weighted by molar-refractivity contribution is 7.98. The molecule has 0 radical (unpaired) electrons. The third-order valence-corrected chi connectivity index (χ3v) is 4.83. The van der Waals surface area contributed by atoms with Crippen LogP contribution < -0.4 is 5.32 Å². The zero-order valence-corrected chi connectivity index (χ0v) is 14.0. The van der Waals surface area contributed by atoms with Crippen molar-refractivity contribution in [2.75, 3.05) is 12.0 Å². The molecule has 21 heavy (non-hydrogen) atoms. The monoisotopic (exact) mass is 306 g/mol. The second kappa shape index (κ2) is 7.85. The Kier molecular flexibility index (Phi) is 6.12. The molecule has 3 atom stereocenters. The van der Waals surface area contributed by atoms with Crippen LogP contribution in [0.1, 0.15) is 44.7 Å². The predicted molar refractivity (Wildman–Crippen MR) is 90.3 cm³/mol. The molecule has 2 rings (SSSR count). The largest absolute Gasteiger partial charge is 0.322 e. The van der Waals surface area contributed by atoms with Crippen LogP contribution >= 0.6 is 11.8 Å². The summed E-state index contributed by atoms with van der Waals surface area (Å²) in [7, 11) is 0. The molecule has 3 nitrogen and oxygen atoms in total. The number of carbonyl (C=O) groups excluding carboxylic acids is 1. The number of hydrogen-bond acceptors (Lipinski definition) is 3. The van der Waals surface area contributed by atoms with Crippen LogP contribution in [0.5, 0.6) is 0 Å². The SMILES string of the molecule is CCCC1NC(c2ccccc2)C(=O)N1C(CC)CSC. The van der Waals surface area contributed by atoms with E-state index < -0.39 is 0 Å². The molecule has 0 aliphatic carbocycles. The number of carbonyl (C=O) groups is 1. The van der Waals surface area contributed by atoms with Gasteiger partial charge in [0, 0.05) is 11.8 Å². The molecule has 1 N–H and O–H groups in total. The molecule has 0 saturated carbocycles. The molecule has 1 aliphatic rings. The Morgan fingerprint density at radius 3 is 2.57 bits per heavy atom. The molecule has 1 aromatic carbocycles. The van der Waals surface area contributed by atoms with Gasteiger partial charge in [-0.1, -0.05) is 50.6 Å². The molecular weight excluding hydrogens is 280 g/mol. The van der Waals surface area contributed by atoms with Gasteiger partial charge in [0.1, 0.15) is 6.04 Å². The first-order chi connectivity index (χ1) is 10.2. The van der Waals surface area contributed by atoms with Gasteiger partial charge in [-0.25, -0.2) is 0 Å². The van der Waals surface area contributed by atoms with Gasteiger partial charge < -0.3 is 4.90 Å². The van der Waals surface area contributed by atoms with Crippen molar-refractivity contribution in [3.8, 4) is 0 Å². The summed E-state index contributed by atoms with van der Waals surface area (Å²) in [5, 5.41) is 3.55. The number of benzene rings is 1. The van der Waals surface area contributed by atoms with Crippen LogP contribution in [-0.4, -0.2) is 35.0 Å². The maximum Gasteiger partial charge on any atom is 0.245 e. The third-order valence-electron chi connectivity index (χ3n) is 4.11. The highest BCUT2D eigenvalue weighted by Crippen LogP contribution is 2.29. The minimum atomic E-state index is -0.182. The van der Waals surface area contributed by atoms with E-state index in [1.54, 1.807) is 0 Å². The number of hydrogen-bond donors (Lipinski definition) is 1. The fourth-order valence-electron chi connectivity index (χ4n) is 3.05. The van der Waals surface area contributed by atoms with E-state index in [0.717, 1.165) is 30.6 Å². The zero-order valence-electron chi connectivity index (χ0n) is 13.2. The Morgan fingerprint density at radius 1 is 1.29 bits per heavy atom. The summed E-state index contributed by atoms with van der Waals surface area (Å²) >= 11 is 1.82. The smallest absolute Gasteiger partial charge is 0.245 e. The molecule has 0 aromatic heterocycles. The lowest BCUT2D eigenvalue weighted by Crippen LogP contribution is -2.45. The second-order valence-corrected chi connectivity index (χ2v) is 6.49. The molecule has 1 heterocycles. The quantitative estimate of drug-likeness (QED) is 0.837. The Hall–Kier alpha value is -1.00. The van der Waals surface area contributed by atoms with E-state index in [1.165, 1.54) is 0 Å². The van der Waals surface area contributed by atoms with Crippen LogP contribution in [0.2, 0.25) is 0 Å². The van der Waals surface area contributed by atoms with Gasteiger partial charge in [-0.2, -0.15) is 11.8 Å². The maximum atomic E-state index is 12.9. The molecule has 1 fully saturated rings. The first-order valence-corrected chi connectivity index (χ1v) is 9.24. The van der Waals surface area contributed by atoms with Gasteiger partial charge in [-0.15, -0.1) is 0 Å². The Morgan fingerprint density at radius 2 is 2.00 bits per heavy atom. The molecule has 1 aliphatic heterocycles. The molecule has 1 amide bonds. The van der Waals surface area contributed by atoms with Gasteiger partial charge in [0.15, 0.2) is 0 Å². The Balaban J connectivity index is 2.23. The van der Waals surface area contributed by atoms with Crippen LogP contribution in [0.15, 0.2) is 30.3 Å². The number of nitrogens with zero attached hydrogens (tertiary/aromatic N) is 1. The lowest BCUT2D eigenvalue weighted by atomic mass is 10.1. The summed E-state index contributed by atoms with van der Waals surface area (Å²) in [6, 6.07) is 10.2. The van der Waals surface area contributed by atoms with Crippen molar-refractivity contribution in [1.29, 1.82) is 0 Å². The fourth-order valence-corrected chi connectivity index (χ4v) is 3.83. The van der Waals surface area contributed by atoms with Crippen molar-refractivity contribution >= 4 is 17.7 Å². The Bertz CT molecular complexity index is 451. The predicted octanol–water partition coefficient (Wildman–Crippen LogP) is 3.43. The van der Waals surface area contributed by atoms with Crippen molar-refractivity contribution in [3.63, 3.8) is 0 Å². The molecule has 0 bridgehead atoms. The third kappa shape index (κ3) is 3.61. The number of amides is 1. The topological polar surface area (TPSA) is 32.3 Å². The van der Waals surface area contributed by atoms with Gasteiger partial charge in [0.05, 0.1) is 6.17 Å². The summed E-state index contributed by atoms with van der Waals surface area (Å²) in [6.45, 7) is 4.35. The first-order valence-electron chi connectivity index (χ1n) is 7.85. The van der Waals surface area contributed by atoms with Crippen LogP contribution in [0.4, 0.5) is 0 Å². The van der Waals surface area contributed by atoms with Crippen molar-refractivity contribution in [2.24, 2.45) is 0 Å². The summed E-state index contributed by atoms with van der Waals surface area (Å²) < 4.78 is 0. The Labute approximate surface area is 132 Å². The summed E-state index contributed by atoms with van der Waals surface area (Å²) in [6.07, 6.45) is 5.39. The minimum Gasteiger partial charge on any atom is -0.322 e. The van der Waals surface area contributed by atoms with E-state index in [2.05, 4.69) is 30.3 Å². The minimum absolute atomic E-state index is 0.171. The number of rotatable bonds is 7. The van der Waals surface area contributed by atoms with E-state index >= 15 is 0 Å². The summed E-state index contributed by atoms with van der Waals surface area (Å²) in [5.74, 6) is 1.24. The summed E-state index contributed by atoms with van der Waals surface area (Å²) in [5.41, 5.74) is 1.07. The van der Waals surface area contributed by atoms with E-state index in [-0.39, 0.29) is 18.1 Å². The van der Waals surface area contributed by atoms with Gasteiger partial charge in [-0.05, 0) is 24.7 Å². The van der Waals surface area contributed by atoms with E-state index in [9.17, 15) is 4.79 Å². The molecule has 116 valence electrons. The standard InChI is InChI=1S/C17H26N2OS/c1-4-9-15-18-16(13-10-7-6-8-11-13)17(20)19(15)14(5-2)12-21-3/h6-8,10-11,14-16,18H,4-5,9,12H2,1-3H3. The highest BCUT2D eigenvalue weighted by Gasteiger charge is 2.41. The lowest BCUT2D eigenvalue weighted by Gasteiger charge is -2.31.